The van der Waals surface area contributed by atoms with Crippen LogP contribution in [0.15, 0.2) is 59.7 Å². The third-order valence-corrected chi connectivity index (χ3v) is 5.69. The number of aromatic nitrogens is 2. The third kappa shape index (κ3) is 2.75. The van der Waals surface area contributed by atoms with Gasteiger partial charge in [0.05, 0.1) is 10.6 Å². The lowest BCUT2D eigenvalue weighted by molar-refractivity contribution is -0.121. The molecular formula is C19H16N4OS2. The van der Waals surface area contributed by atoms with Gasteiger partial charge in [0, 0.05) is 25.9 Å². The van der Waals surface area contributed by atoms with Gasteiger partial charge >= 0.3 is 0 Å². The Hall–Kier alpha value is -2.77. The summed E-state index contributed by atoms with van der Waals surface area (Å²) in [7, 11) is 3.50. The molecule has 26 heavy (non-hydrogen) atoms. The number of rotatable bonds is 3. The number of carbonyl (C=O) groups is 1. The van der Waals surface area contributed by atoms with Crippen molar-refractivity contribution in [1.29, 1.82) is 0 Å². The summed E-state index contributed by atoms with van der Waals surface area (Å²) in [5, 5.41) is 7.27. The summed E-state index contributed by atoms with van der Waals surface area (Å²) < 4.78 is 1.84. The number of amides is 1. The summed E-state index contributed by atoms with van der Waals surface area (Å²) >= 11 is 6.92. The van der Waals surface area contributed by atoms with Crippen LogP contribution in [-0.4, -0.2) is 44.7 Å². The van der Waals surface area contributed by atoms with E-state index in [9.17, 15) is 4.79 Å². The van der Waals surface area contributed by atoms with Crippen LogP contribution in [0.2, 0.25) is 0 Å². The lowest BCUT2D eigenvalue weighted by Gasteiger charge is -2.10. The highest BCUT2D eigenvalue weighted by molar-refractivity contribution is 7.80. The molecule has 1 saturated heterocycles. The number of para-hydroxylation sites is 1. The van der Waals surface area contributed by atoms with Crippen molar-refractivity contribution in [3.05, 3.63) is 65.3 Å². The molecule has 1 amide bonds. The first kappa shape index (κ1) is 16.7. The van der Waals surface area contributed by atoms with Crippen molar-refractivity contribution >= 4 is 40.7 Å². The lowest BCUT2D eigenvalue weighted by atomic mass is 10.2. The van der Waals surface area contributed by atoms with E-state index in [4.69, 9.17) is 17.3 Å². The van der Waals surface area contributed by atoms with Gasteiger partial charge < -0.3 is 4.90 Å². The van der Waals surface area contributed by atoms with E-state index >= 15 is 0 Å². The number of carbonyl (C=O) groups excluding carboxylic acids is 1. The van der Waals surface area contributed by atoms with Crippen LogP contribution in [0.1, 0.15) is 5.56 Å². The minimum atomic E-state index is -0.109. The predicted octanol–water partition coefficient (Wildman–Crippen LogP) is 3.63. The second kappa shape index (κ2) is 6.51. The Morgan fingerprint density at radius 1 is 1.08 bits per heavy atom. The first-order valence-electron chi connectivity index (χ1n) is 8.02. The molecule has 4 rings (SSSR count). The van der Waals surface area contributed by atoms with Gasteiger partial charge in [0.2, 0.25) is 0 Å². The van der Waals surface area contributed by atoms with Crippen molar-refractivity contribution < 1.29 is 4.79 Å². The molecule has 0 spiro atoms. The molecule has 0 atom stereocenters. The SMILES string of the molecule is CN1C(=O)C(=Cc2cn(-c3ccccc3)nc2-c2cccs2)N(C)C1=S. The van der Waals surface area contributed by atoms with Crippen molar-refractivity contribution in [2.45, 2.75) is 0 Å². The van der Waals surface area contributed by atoms with Gasteiger partial charge in [-0.25, -0.2) is 4.68 Å². The highest BCUT2D eigenvalue weighted by Gasteiger charge is 2.33. The summed E-state index contributed by atoms with van der Waals surface area (Å²) in [5.41, 5.74) is 3.24. The standard InChI is InChI=1S/C19H16N4OS2/c1-21-15(18(24)22(2)19(21)25)11-13-12-23(14-7-4-3-5-8-14)20-17(13)16-9-6-10-26-16/h3-12H,1-2H3. The molecule has 0 unspecified atom stereocenters. The number of nitrogens with zero attached hydrogens (tertiary/aromatic N) is 4. The third-order valence-electron chi connectivity index (χ3n) is 4.27. The van der Waals surface area contributed by atoms with E-state index in [2.05, 4.69) is 0 Å². The molecule has 0 N–H and O–H groups in total. The van der Waals surface area contributed by atoms with Gasteiger partial charge in [-0.05, 0) is 41.9 Å². The number of thiocarbonyl (C=S) groups is 1. The number of hydrogen-bond donors (Lipinski definition) is 0. The molecule has 0 saturated carbocycles. The Balaban J connectivity index is 1.85. The summed E-state index contributed by atoms with van der Waals surface area (Å²) in [4.78, 5) is 16.8. The van der Waals surface area contributed by atoms with Crippen LogP contribution in [0.5, 0.6) is 0 Å². The maximum Gasteiger partial charge on any atom is 0.276 e. The second-order valence-electron chi connectivity index (χ2n) is 5.93. The molecule has 3 aromatic rings. The molecule has 2 aromatic heterocycles. The number of thiophene rings is 1. The van der Waals surface area contributed by atoms with Gasteiger partial charge in [0.25, 0.3) is 5.91 Å². The Bertz CT molecular complexity index is 1010. The fourth-order valence-electron chi connectivity index (χ4n) is 2.85. The van der Waals surface area contributed by atoms with Gasteiger partial charge in [-0.3, -0.25) is 9.69 Å². The lowest BCUT2D eigenvalue weighted by Crippen LogP contribution is -2.26. The zero-order chi connectivity index (χ0) is 18.3. The highest BCUT2D eigenvalue weighted by atomic mass is 32.1. The van der Waals surface area contributed by atoms with E-state index in [1.54, 1.807) is 23.3 Å². The van der Waals surface area contributed by atoms with Crippen LogP contribution < -0.4 is 0 Å². The zero-order valence-corrected chi connectivity index (χ0v) is 15.9. The molecule has 7 heteroatoms. The average Bonchev–Trinajstić information content (AvgIpc) is 3.37. The van der Waals surface area contributed by atoms with E-state index in [0.29, 0.717) is 10.8 Å². The van der Waals surface area contributed by atoms with E-state index in [-0.39, 0.29) is 5.91 Å². The molecule has 130 valence electrons. The molecule has 5 nitrogen and oxygen atoms in total. The van der Waals surface area contributed by atoms with Crippen LogP contribution in [0, 0.1) is 0 Å². The topological polar surface area (TPSA) is 41.4 Å². The maximum atomic E-state index is 12.5. The molecule has 1 aromatic carbocycles. The quantitative estimate of drug-likeness (QED) is 0.514. The smallest absolute Gasteiger partial charge is 0.276 e. The normalized spacial score (nSPS) is 16.2. The van der Waals surface area contributed by atoms with Gasteiger partial charge in [0.1, 0.15) is 11.4 Å². The van der Waals surface area contributed by atoms with E-state index in [1.807, 2.05) is 71.8 Å². The molecule has 0 bridgehead atoms. The number of hydrogen-bond acceptors (Lipinski definition) is 4. The van der Waals surface area contributed by atoms with Gasteiger partial charge in [-0.1, -0.05) is 24.3 Å². The average molecular weight is 380 g/mol. The van der Waals surface area contributed by atoms with Crippen molar-refractivity contribution in [2.24, 2.45) is 0 Å². The molecule has 1 aliphatic heterocycles. The van der Waals surface area contributed by atoms with E-state index < -0.39 is 0 Å². The molecule has 3 heterocycles. The summed E-state index contributed by atoms with van der Waals surface area (Å²) in [6, 6.07) is 13.9. The van der Waals surface area contributed by atoms with Crippen LogP contribution in [0.25, 0.3) is 22.3 Å². The summed E-state index contributed by atoms with van der Waals surface area (Å²) in [6.45, 7) is 0. The predicted molar refractivity (Wildman–Crippen MR) is 108 cm³/mol. The first-order valence-corrected chi connectivity index (χ1v) is 9.31. The van der Waals surface area contributed by atoms with Crippen LogP contribution in [-0.2, 0) is 4.79 Å². The Kier molecular flexibility index (Phi) is 4.18. The Morgan fingerprint density at radius 3 is 2.46 bits per heavy atom. The molecule has 0 radical (unpaired) electrons. The monoisotopic (exact) mass is 380 g/mol. The van der Waals surface area contributed by atoms with Crippen molar-refractivity contribution in [2.75, 3.05) is 14.1 Å². The zero-order valence-electron chi connectivity index (χ0n) is 14.3. The highest BCUT2D eigenvalue weighted by Crippen LogP contribution is 2.30. The fraction of sp³-hybridized carbons (Fsp3) is 0.105. The van der Waals surface area contributed by atoms with Crippen molar-refractivity contribution in [3.8, 4) is 16.3 Å². The van der Waals surface area contributed by atoms with Crippen LogP contribution in [0.3, 0.4) is 0 Å². The number of likely N-dealkylation sites (N-methyl/N-ethyl adjacent to an activating group) is 2. The fourth-order valence-corrected chi connectivity index (χ4v) is 3.76. The van der Waals surface area contributed by atoms with Crippen molar-refractivity contribution in [3.63, 3.8) is 0 Å². The van der Waals surface area contributed by atoms with Crippen LogP contribution in [0.4, 0.5) is 0 Å². The minimum absolute atomic E-state index is 0.109. The second-order valence-corrected chi connectivity index (χ2v) is 7.24. The van der Waals surface area contributed by atoms with Crippen molar-refractivity contribution in [1.82, 2.24) is 19.6 Å². The summed E-state index contributed by atoms with van der Waals surface area (Å²) in [5.74, 6) is -0.109. The van der Waals surface area contributed by atoms with E-state index in [1.165, 1.54) is 4.90 Å². The molecule has 0 aliphatic carbocycles. The molecular weight excluding hydrogens is 364 g/mol. The Morgan fingerprint density at radius 2 is 1.85 bits per heavy atom. The largest absolute Gasteiger partial charge is 0.317 e. The maximum absolute atomic E-state index is 12.5. The number of benzene rings is 1. The first-order chi connectivity index (χ1) is 12.6. The van der Waals surface area contributed by atoms with E-state index in [0.717, 1.165) is 21.8 Å². The minimum Gasteiger partial charge on any atom is -0.317 e. The van der Waals surface area contributed by atoms with Crippen LogP contribution >= 0.6 is 23.6 Å². The molecule has 1 fully saturated rings. The Labute approximate surface area is 160 Å². The summed E-state index contributed by atoms with van der Waals surface area (Å²) in [6.07, 6.45) is 3.81. The van der Waals surface area contributed by atoms with Gasteiger partial charge in [0.15, 0.2) is 5.11 Å². The van der Waals surface area contributed by atoms with Gasteiger partial charge in [-0.2, -0.15) is 5.10 Å². The molecule has 1 aliphatic rings. The van der Waals surface area contributed by atoms with Gasteiger partial charge in [-0.15, -0.1) is 11.3 Å².